The van der Waals surface area contributed by atoms with E-state index in [1.54, 1.807) is 6.20 Å². The van der Waals surface area contributed by atoms with Crippen LogP contribution in [-0.2, 0) is 4.79 Å². The Morgan fingerprint density at radius 2 is 2.06 bits per heavy atom. The van der Waals surface area contributed by atoms with Crippen molar-refractivity contribution in [2.24, 2.45) is 5.92 Å². The van der Waals surface area contributed by atoms with Crippen molar-refractivity contribution >= 4 is 17.4 Å². The van der Waals surface area contributed by atoms with Crippen LogP contribution in [0, 0.1) is 5.92 Å². The normalized spacial score (nSPS) is 15.5. The third kappa shape index (κ3) is 3.73. The molecule has 1 heterocycles. The molecule has 1 aromatic heterocycles. The molecule has 1 aromatic rings. The van der Waals surface area contributed by atoms with E-state index in [1.165, 1.54) is 0 Å². The zero-order chi connectivity index (χ0) is 12.5. The van der Waals surface area contributed by atoms with Crippen LogP contribution in [0.3, 0.4) is 0 Å². The summed E-state index contributed by atoms with van der Waals surface area (Å²) in [5.41, 5.74) is 0.757. The number of amides is 1. The topological polar surface area (TPSA) is 54.0 Å². The van der Waals surface area contributed by atoms with Gasteiger partial charge < -0.3 is 10.6 Å². The van der Waals surface area contributed by atoms with Crippen LogP contribution in [0.5, 0.6) is 0 Å². The highest BCUT2D eigenvalue weighted by Gasteiger charge is 2.29. The van der Waals surface area contributed by atoms with E-state index in [0.717, 1.165) is 24.3 Å². The molecule has 2 N–H and O–H groups in total. The number of carbonyl (C=O) groups is 1. The Kier molecular flexibility index (Phi) is 3.05. The molecule has 4 nitrogen and oxygen atoms in total. The van der Waals surface area contributed by atoms with Gasteiger partial charge in [-0.25, -0.2) is 4.98 Å². The summed E-state index contributed by atoms with van der Waals surface area (Å²) in [6, 6.07) is 3.76. The molecule has 1 amide bonds. The quantitative estimate of drug-likeness (QED) is 0.843. The minimum Gasteiger partial charge on any atom is -0.365 e. The number of hydrogen-bond acceptors (Lipinski definition) is 3. The zero-order valence-corrected chi connectivity index (χ0v) is 10.6. The smallest absolute Gasteiger partial charge is 0.227 e. The molecule has 17 heavy (non-hydrogen) atoms. The first-order valence-corrected chi connectivity index (χ1v) is 5.99. The molecule has 0 radical (unpaired) electrons. The minimum absolute atomic E-state index is 0.00816. The highest BCUT2D eigenvalue weighted by atomic mass is 16.2. The number of aromatic nitrogens is 1. The number of pyridine rings is 1. The molecule has 0 bridgehead atoms. The van der Waals surface area contributed by atoms with Crippen LogP contribution in [0.15, 0.2) is 18.3 Å². The van der Waals surface area contributed by atoms with Gasteiger partial charge in [-0.3, -0.25) is 4.79 Å². The summed E-state index contributed by atoms with van der Waals surface area (Å²) < 4.78 is 0. The Balaban J connectivity index is 1.95. The molecule has 4 heteroatoms. The Hall–Kier alpha value is -1.58. The summed E-state index contributed by atoms with van der Waals surface area (Å²) in [4.78, 5) is 15.8. The first-order valence-electron chi connectivity index (χ1n) is 5.99. The predicted molar refractivity (Wildman–Crippen MR) is 69.0 cm³/mol. The molecule has 1 fully saturated rings. The van der Waals surface area contributed by atoms with Crippen molar-refractivity contribution in [3.63, 3.8) is 0 Å². The second-order valence-corrected chi connectivity index (χ2v) is 5.57. The average Bonchev–Trinajstić information content (AvgIpc) is 3.02. The minimum atomic E-state index is -0.00816. The van der Waals surface area contributed by atoms with Gasteiger partial charge in [0.15, 0.2) is 0 Å². The molecule has 0 aromatic carbocycles. The SMILES string of the molecule is CC(C)(C)Nc1ccc(NC(=O)C2CC2)cn1. The number of rotatable bonds is 3. The maximum atomic E-state index is 11.5. The molecule has 0 saturated heterocycles. The van der Waals surface area contributed by atoms with E-state index in [1.807, 2.05) is 12.1 Å². The molecule has 0 aliphatic heterocycles. The van der Waals surface area contributed by atoms with Gasteiger partial charge in [0, 0.05) is 11.5 Å². The molecule has 1 aliphatic rings. The predicted octanol–water partition coefficient (Wildman–Crippen LogP) is 2.64. The fourth-order valence-electron chi connectivity index (χ4n) is 1.52. The maximum absolute atomic E-state index is 11.5. The second kappa shape index (κ2) is 4.35. The van der Waals surface area contributed by atoms with Crippen molar-refractivity contribution in [3.05, 3.63) is 18.3 Å². The van der Waals surface area contributed by atoms with Gasteiger partial charge in [0.05, 0.1) is 11.9 Å². The van der Waals surface area contributed by atoms with Gasteiger partial charge in [-0.15, -0.1) is 0 Å². The van der Waals surface area contributed by atoms with E-state index >= 15 is 0 Å². The molecule has 92 valence electrons. The van der Waals surface area contributed by atoms with Gasteiger partial charge in [-0.05, 0) is 45.7 Å². The van der Waals surface area contributed by atoms with Crippen LogP contribution >= 0.6 is 0 Å². The van der Waals surface area contributed by atoms with E-state index in [-0.39, 0.29) is 17.4 Å². The highest BCUT2D eigenvalue weighted by Crippen LogP contribution is 2.30. The van der Waals surface area contributed by atoms with Crippen molar-refractivity contribution < 1.29 is 4.79 Å². The fraction of sp³-hybridized carbons (Fsp3) is 0.538. The van der Waals surface area contributed by atoms with E-state index in [0.29, 0.717) is 0 Å². The first-order chi connectivity index (χ1) is 7.94. The number of carbonyl (C=O) groups excluding carboxylic acids is 1. The van der Waals surface area contributed by atoms with Crippen LogP contribution in [0.1, 0.15) is 33.6 Å². The first kappa shape index (κ1) is 11.9. The van der Waals surface area contributed by atoms with Crippen molar-refractivity contribution in [1.29, 1.82) is 0 Å². The van der Waals surface area contributed by atoms with Gasteiger partial charge in [-0.2, -0.15) is 0 Å². The molecular weight excluding hydrogens is 214 g/mol. The summed E-state index contributed by atoms with van der Waals surface area (Å²) in [6.07, 6.45) is 3.72. The molecule has 2 rings (SSSR count). The Morgan fingerprint density at radius 3 is 2.53 bits per heavy atom. The van der Waals surface area contributed by atoms with Crippen LogP contribution in [-0.4, -0.2) is 16.4 Å². The lowest BCUT2D eigenvalue weighted by Gasteiger charge is -2.21. The van der Waals surface area contributed by atoms with Gasteiger partial charge in [-0.1, -0.05) is 0 Å². The Labute approximate surface area is 102 Å². The van der Waals surface area contributed by atoms with E-state index in [4.69, 9.17) is 0 Å². The largest absolute Gasteiger partial charge is 0.365 e. The molecule has 1 aliphatic carbocycles. The number of hydrogen-bond donors (Lipinski definition) is 2. The fourth-order valence-corrected chi connectivity index (χ4v) is 1.52. The van der Waals surface area contributed by atoms with E-state index in [2.05, 4.69) is 36.4 Å². The van der Waals surface area contributed by atoms with Gasteiger partial charge in [0.1, 0.15) is 5.82 Å². The van der Waals surface area contributed by atoms with Crippen molar-refractivity contribution in [3.8, 4) is 0 Å². The molecular formula is C13H19N3O. The van der Waals surface area contributed by atoms with Crippen LogP contribution in [0.4, 0.5) is 11.5 Å². The number of anilines is 2. The maximum Gasteiger partial charge on any atom is 0.227 e. The van der Waals surface area contributed by atoms with Crippen LogP contribution < -0.4 is 10.6 Å². The summed E-state index contributed by atoms with van der Waals surface area (Å²) in [6.45, 7) is 6.24. The Bertz CT molecular complexity index is 402. The van der Waals surface area contributed by atoms with Crippen LogP contribution in [0.25, 0.3) is 0 Å². The summed E-state index contributed by atoms with van der Waals surface area (Å²) in [5.74, 6) is 1.16. The summed E-state index contributed by atoms with van der Waals surface area (Å²) in [5, 5.41) is 6.14. The number of nitrogens with one attached hydrogen (secondary N) is 2. The van der Waals surface area contributed by atoms with Gasteiger partial charge in [0.25, 0.3) is 0 Å². The third-order valence-electron chi connectivity index (χ3n) is 2.48. The van der Waals surface area contributed by atoms with Crippen LogP contribution in [0.2, 0.25) is 0 Å². The molecule has 0 spiro atoms. The third-order valence-corrected chi connectivity index (χ3v) is 2.48. The average molecular weight is 233 g/mol. The summed E-state index contributed by atoms with van der Waals surface area (Å²) in [7, 11) is 0. The van der Waals surface area contributed by atoms with E-state index < -0.39 is 0 Å². The molecule has 0 atom stereocenters. The standard InChI is InChI=1S/C13H19N3O/c1-13(2,3)16-11-7-6-10(8-14-11)15-12(17)9-4-5-9/h6-9H,4-5H2,1-3H3,(H,14,16)(H,15,17). The van der Waals surface area contributed by atoms with Gasteiger partial charge in [0.2, 0.25) is 5.91 Å². The monoisotopic (exact) mass is 233 g/mol. The highest BCUT2D eigenvalue weighted by molar-refractivity contribution is 5.93. The number of nitrogens with zero attached hydrogens (tertiary/aromatic N) is 1. The van der Waals surface area contributed by atoms with E-state index in [9.17, 15) is 4.79 Å². The lowest BCUT2D eigenvalue weighted by molar-refractivity contribution is -0.117. The lowest BCUT2D eigenvalue weighted by Crippen LogP contribution is -2.26. The molecule has 0 unspecified atom stereocenters. The van der Waals surface area contributed by atoms with Crippen molar-refractivity contribution in [2.75, 3.05) is 10.6 Å². The lowest BCUT2D eigenvalue weighted by atomic mass is 10.1. The Morgan fingerprint density at radius 1 is 1.35 bits per heavy atom. The van der Waals surface area contributed by atoms with Crippen molar-refractivity contribution in [1.82, 2.24) is 4.98 Å². The van der Waals surface area contributed by atoms with Crippen molar-refractivity contribution in [2.45, 2.75) is 39.2 Å². The zero-order valence-electron chi connectivity index (χ0n) is 10.6. The van der Waals surface area contributed by atoms with Gasteiger partial charge >= 0.3 is 0 Å². The second-order valence-electron chi connectivity index (χ2n) is 5.57. The molecule has 1 saturated carbocycles. The summed E-state index contributed by atoms with van der Waals surface area (Å²) >= 11 is 0.